The molecule has 0 spiro atoms. The first kappa shape index (κ1) is 19.9. The number of hydrogen-bond acceptors (Lipinski definition) is 5. The maximum absolute atomic E-state index is 12.7. The molecule has 0 saturated heterocycles. The number of nitrogens with one attached hydrogen (secondary N) is 1. The van der Waals surface area contributed by atoms with Gasteiger partial charge < -0.3 is 14.8 Å². The van der Waals surface area contributed by atoms with E-state index in [1.165, 1.54) is 0 Å². The van der Waals surface area contributed by atoms with Crippen LogP contribution in [0.4, 0.5) is 5.69 Å². The van der Waals surface area contributed by atoms with Gasteiger partial charge >= 0.3 is 0 Å². The molecule has 0 fully saturated rings. The van der Waals surface area contributed by atoms with Crippen molar-refractivity contribution >= 4 is 22.9 Å². The normalized spacial score (nSPS) is 10.5. The summed E-state index contributed by atoms with van der Waals surface area (Å²) in [6.45, 7) is 5.08. The molecule has 2 aromatic carbocycles. The summed E-state index contributed by atoms with van der Waals surface area (Å²) in [7, 11) is 0. The molecule has 5 nitrogen and oxygen atoms in total. The van der Waals surface area contributed by atoms with Gasteiger partial charge in [-0.3, -0.25) is 4.79 Å². The fraction of sp³-hybridized carbons (Fsp3) is 0.273. The third-order valence-electron chi connectivity index (χ3n) is 4.04. The first-order valence-corrected chi connectivity index (χ1v) is 10.2. The summed E-state index contributed by atoms with van der Waals surface area (Å²) in [6.07, 6.45) is 2.03. The number of carbonyl (C=O) groups is 1. The molecule has 1 N–H and O–H groups in total. The lowest BCUT2D eigenvalue weighted by atomic mass is 10.2. The summed E-state index contributed by atoms with van der Waals surface area (Å²) in [5, 5.41) is 5.91. The Morgan fingerprint density at radius 1 is 1.14 bits per heavy atom. The van der Waals surface area contributed by atoms with Crippen molar-refractivity contribution in [2.24, 2.45) is 0 Å². The fourth-order valence-corrected chi connectivity index (χ4v) is 3.17. The number of unbranched alkanes of at least 4 members (excludes halogenated alkanes) is 1. The van der Waals surface area contributed by atoms with E-state index in [1.54, 1.807) is 29.5 Å². The molecule has 0 radical (unpaired) electrons. The molecular formula is C22H24N2O3S. The summed E-state index contributed by atoms with van der Waals surface area (Å²) in [6, 6.07) is 14.6. The van der Waals surface area contributed by atoms with E-state index in [9.17, 15) is 4.79 Å². The minimum atomic E-state index is -0.207. The number of para-hydroxylation sites is 2. The van der Waals surface area contributed by atoms with Crippen LogP contribution in [0.3, 0.4) is 0 Å². The highest BCUT2D eigenvalue weighted by Crippen LogP contribution is 2.25. The highest BCUT2D eigenvalue weighted by Gasteiger charge is 2.11. The zero-order valence-corrected chi connectivity index (χ0v) is 16.9. The number of aryl methyl sites for hydroxylation is 1. The first-order valence-electron chi connectivity index (χ1n) is 9.32. The van der Waals surface area contributed by atoms with Gasteiger partial charge in [0.05, 0.1) is 23.0 Å². The number of thiazole rings is 1. The molecule has 146 valence electrons. The molecule has 1 heterocycles. The van der Waals surface area contributed by atoms with Crippen LogP contribution in [0.2, 0.25) is 0 Å². The first-order chi connectivity index (χ1) is 13.7. The van der Waals surface area contributed by atoms with E-state index < -0.39 is 0 Å². The quantitative estimate of drug-likeness (QED) is 0.488. The van der Waals surface area contributed by atoms with E-state index in [2.05, 4.69) is 17.2 Å². The van der Waals surface area contributed by atoms with Gasteiger partial charge in [-0.2, -0.15) is 0 Å². The summed E-state index contributed by atoms with van der Waals surface area (Å²) < 4.78 is 11.6. The number of carbonyl (C=O) groups excluding carboxylic acids is 1. The average Bonchev–Trinajstić information content (AvgIpc) is 3.13. The van der Waals surface area contributed by atoms with Crippen molar-refractivity contribution in [2.75, 3.05) is 11.9 Å². The largest absolute Gasteiger partial charge is 0.491 e. The molecular weight excluding hydrogens is 372 g/mol. The van der Waals surface area contributed by atoms with Gasteiger partial charge in [-0.05, 0) is 43.7 Å². The Bertz CT molecular complexity index is 923. The molecule has 3 aromatic rings. The lowest BCUT2D eigenvalue weighted by Gasteiger charge is -2.13. The van der Waals surface area contributed by atoms with Crippen molar-refractivity contribution in [1.82, 2.24) is 4.98 Å². The fourth-order valence-electron chi connectivity index (χ4n) is 2.58. The third kappa shape index (κ3) is 5.57. The van der Waals surface area contributed by atoms with Crippen molar-refractivity contribution < 1.29 is 14.3 Å². The highest BCUT2D eigenvalue weighted by atomic mass is 32.1. The molecule has 3 rings (SSSR count). The number of hydrogen-bond donors (Lipinski definition) is 1. The Morgan fingerprint density at radius 3 is 2.79 bits per heavy atom. The lowest BCUT2D eigenvalue weighted by molar-refractivity contribution is 0.102. The molecule has 0 unspecified atom stereocenters. The number of ether oxygens (including phenoxy) is 2. The topological polar surface area (TPSA) is 60.5 Å². The van der Waals surface area contributed by atoms with Gasteiger partial charge in [-0.15, -0.1) is 11.3 Å². The zero-order chi connectivity index (χ0) is 19.8. The summed E-state index contributed by atoms with van der Waals surface area (Å²) in [4.78, 5) is 17.1. The van der Waals surface area contributed by atoms with E-state index in [0.717, 1.165) is 23.5 Å². The minimum absolute atomic E-state index is 0.207. The second-order valence-corrected chi connectivity index (χ2v) is 7.39. The molecule has 0 aliphatic carbocycles. The predicted octanol–water partition coefficient (Wildman–Crippen LogP) is 5.46. The van der Waals surface area contributed by atoms with Crippen molar-refractivity contribution in [2.45, 2.75) is 33.3 Å². The predicted molar refractivity (Wildman–Crippen MR) is 112 cm³/mol. The van der Waals surface area contributed by atoms with Gasteiger partial charge in [-0.1, -0.05) is 31.5 Å². The Balaban J connectivity index is 1.64. The smallest absolute Gasteiger partial charge is 0.255 e. The van der Waals surface area contributed by atoms with E-state index >= 15 is 0 Å². The zero-order valence-electron chi connectivity index (χ0n) is 16.1. The van der Waals surface area contributed by atoms with Crippen LogP contribution in [0.1, 0.15) is 40.8 Å². The van der Waals surface area contributed by atoms with Crippen LogP contribution in [0.5, 0.6) is 11.5 Å². The highest BCUT2D eigenvalue weighted by molar-refractivity contribution is 7.09. The van der Waals surface area contributed by atoms with Gasteiger partial charge in [-0.25, -0.2) is 4.98 Å². The van der Waals surface area contributed by atoms with Gasteiger partial charge in [0.2, 0.25) is 0 Å². The van der Waals surface area contributed by atoms with Crippen molar-refractivity contribution in [3.05, 3.63) is 70.2 Å². The standard InChI is InChI=1S/C22H24N2O3S/c1-3-4-12-26-21-11-6-5-10-20(21)24-22(25)17-8-7-9-19(13-17)27-14-18-15-28-16(2)23-18/h5-11,13,15H,3-4,12,14H2,1-2H3,(H,24,25). The number of amides is 1. The Kier molecular flexibility index (Phi) is 7.03. The van der Waals surface area contributed by atoms with Crippen molar-refractivity contribution in [1.29, 1.82) is 0 Å². The molecule has 0 saturated carbocycles. The van der Waals surface area contributed by atoms with Crippen LogP contribution in [0.25, 0.3) is 0 Å². The molecule has 0 bridgehead atoms. The monoisotopic (exact) mass is 396 g/mol. The number of rotatable bonds is 9. The van der Waals surface area contributed by atoms with E-state index in [0.29, 0.717) is 36.0 Å². The Hall–Kier alpha value is -2.86. The molecule has 0 aliphatic rings. The van der Waals surface area contributed by atoms with Crippen molar-refractivity contribution in [3.63, 3.8) is 0 Å². The second-order valence-electron chi connectivity index (χ2n) is 6.33. The van der Waals surface area contributed by atoms with Crippen molar-refractivity contribution in [3.8, 4) is 11.5 Å². The van der Waals surface area contributed by atoms with Crippen LogP contribution >= 0.6 is 11.3 Å². The molecule has 6 heteroatoms. The van der Waals surface area contributed by atoms with Gasteiger partial charge in [0.15, 0.2) is 0 Å². The summed E-state index contributed by atoms with van der Waals surface area (Å²) in [5.41, 5.74) is 2.07. The molecule has 28 heavy (non-hydrogen) atoms. The summed E-state index contributed by atoms with van der Waals surface area (Å²) in [5.74, 6) is 1.10. The van der Waals surface area contributed by atoms with Crippen LogP contribution < -0.4 is 14.8 Å². The third-order valence-corrected chi connectivity index (χ3v) is 4.86. The van der Waals surface area contributed by atoms with Gasteiger partial charge in [0.25, 0.3) is 5.91 Å². The maximum atomic E-state index is 12.7. The summed E-state index contributed by atoms with van der Waals surface area (Å²) >= 11 is 1.59. The van der Waals surface area contributed by atoms with E-state index in [4.69, 9.17) is 9.47 Å². The molecule has 0 atom stereocenters. The molecule has 0 aliphatic heterocycles. The van der Waals surface area contributed by atoms with Crippen LogP contribution in [-0.4, -0.2) is 17.5 Å². The van der Waals surface area contributed by atoms with Crippen LogP contribution in [-0.2, 0) is 6.61 Å². The Labute approximate surface area is 169 Å². The van der Waals surface area contributed by atoms with E-state index in [1.807, 2.05) is 42.6 Å². The van der Waals surface area contributed by atoms with Gasteiger partial charge in [0.1, 0.15) is 18.1 Å². The molecule has 1 aromatic heterocycles. The van der Waals surface area contributed by atoms with E-state index in [-0.39, 0.29) is 5.91 Å². The minimum Gasteiger partial charge on any atom is -0.491 e. The average molecular weight is 397 g/mol. The molecule has 1 amide bonds. The maximum Gasteiger partial charge on any atom is 0.255 e. The Morgan fingerprint density at radius 2 is 2.00 bits per heavy atom. The number of aromatic nitrogens is 1. The number of benzene rings is 2. The lowest BCUT2D eigenvalue weighted by Crippen LogP contribution is -2.13. The number of anilines is 1. The van der Waals surface area contributed by atoms with Crippen LogP contribution in [0.15, 0.2) is 53.9 Å². The van der Waals surface area contributed by atoms with Gasteiger partial charge in [0, 0.05) is 10.9 Å². The SMILES string of the molecule is CCCCOc1ccccc1NC(=O)c1cccc(OCc2csc(C)n2)c1. The number of nitrogens with zero attached hydrogens (tertiary/aromatic N) is 1. The van der Waals surface area contributed by atoms with Crippen LogP contribution in [0, 0.1) is 6.92 Å². The second kappa shape index (κ2) is 9.90.